The first-order chi connectivity index (χ1) is 7.72. The van der Waals surface area contributed by atoms with Gasteiger partial charge in [-0.15, -0.1) is 0 Å². The van der Waals surface area contributed by atoms with E-state index in [-0.39, 0.29) is 12.5 Å². The molecule has 2 atom stereocenters. The Morgan fingerprint density at radius 1 is 1.38 bits per heavy atom. The summed E-state index contributed by atoms with van der Waals surface area (Å²) >= 11 is 0. The van der Waals surface area contributed by atoms with Crippen molar-refractivity contribution in [2.75, 3.05) is 32.7 Å². The zero-order valence-electron chi connectivity index (χ0n) is 9.64. The monoisotopic (exact) mass is 227 g/mol. The van der Waals surface area contributed by atoms with E-state index in [1.54, 1.807) is 4.90 Å². The molecule has 2 fully saturated rings. The molecule has 0 radical (unpaired) electrons. The lowest BCUT2D eigenvalue weighted by Crippen LogP contribution is -2.58. The number of hydrogen-bond acceptors (Lipinski definition) is 4. The number of hydrogen-bond donors (Lipinski definition) is 2. The predicted molar refractivity (Wildman–Crippen MR) is 60.9 cm³/mol. The topological polar surface area (TPSA) is 69.8 Å². The molecule has 0 spiro atoms. The fourth-order valence-electron chi connectivity index (χ4n) is 2.67. The summed E-state index contributed by atoms with van der Waals surface area (Å²) in [5.74, 6) is -0.201. The minimum Gasteiger partial charge on any atom is -0.382 e. The second-order valence-electron chi connectivity index (χ2n) is 4.72. The molecule has 0 saturated carbocycles. The Balaban J connectivity index is 1.92. The van der Waals surface area contributed by atoms with Crippen LogP contribution in [0, 0.1) is 0 Å². The molecule has 2 unspecified atom stereocenters. The first-order valence-electron chi connectivity index (χ1n) is 6.13. The highest BCUT2D eigenvalue weighted by Crippen LogP contribution is 2.21. The first kappa shape index (κ1) is 11.8. The van der Waals surface area contributed by atoms with Crippen molar-refractivity contribution in [2.45, 2.75) is 31.4 Å². The molecule has 5 heteroatoms. The van der Waals surface area contributed by atoms with Crippen LogP contribution in [-0.4, -0.2) is 65.7 Å². The molecular weight excluding hydrogens is 206 g/mol. The lowest BCUT2D eigenvalue weighted by atomic mass is 9.99. The number of carbonyl (C=O) groups is 1. The van der Waals surface area contributed by atoms with E-state index in [9.17, 15) is 9.90 Å². The zero-order valence-corrected chi connectivity index (χ0v) is 9.64. The molecule has 3 N–H and O–H groups in total. The van der Waals surface area contributed by atoms with Crippen LogP contribution in [0.3, 0.4) is 0 Å². The zero-order chi connectivity index (χ0) is 11.5. The maximum Gasteiger partial charge on any atom is 0.252 e. The van der Waals surface area contributed by atoms with Crippen LogP contribution in [0.15, 0.2) is 0 Å². The van der Waals surface area contributed by atoms with E-state index in [0.717, 1.165) is 26.2 Å². The minimum atomic E-state index is -1.02. The SMILES string of the molecule is NCC(O)C(=O)N1CCN2CCCCC2C1. The Kier molecular flexibility index (Phi) is 3.78. The third-order valence-corrected chi connectivity index (χ3v) is 3.66. The molecular formula is C11H21N3O2. The first-order valence-corrected chi connectivity index (χ1v) is 6.13. The van der Waals surface area contributed by atoms with Gasteiger partial charge < -0.3 is 15.7 Å². The van der Waals surface area contributed by atoms with Crippen LogP contribution in [0.5, 0.6) is 0 Å². The molecule has 1 amide bonds. The molecule has 2 saturated heterocycles. The molecule has 2 heterocycles. The van der Waals surface area contributed by atoms with E-state index < -0.39 is 6.10 Å². The maximum atomic E-state index is 11.8. The molecule has 2 aliphatic rings. The summed E-state index contributed by atoms with van der Waals surface area (Å²) in [6, 6.07) is 0.497. The normalized spacial score (nSPS) is 28.6. The molecule has 2 aliphatic heterocycles. The van der Waals surface area contributed by atoms with Gasteiger partial charge in [0.15, 0.2) is 0 Å². The molecule has 5 nitrogen and oxygen atoms in total. The van der Waals surface area contributed by atoms with Crippen LogP contribution in [0.4, 0.5) is 0 Å². The van der Waals surface area contributed by atoms with Crippen molar-refractivity contribution < 1.29 is 9.90 Å². The van der Waals surface area contributed by atoms with Crippen molar-refractivity contribution in [2.24, 2.45) is 5.73 Å². The number of carbonyl (C=O) groups excluding carboxylic acids is 1. The van der Waals surface area contributed by atoms with Crippen LogP contribution in [0.2, 0.25) is 0 Å². The van der Waals surface area contributed by atoms with E-state index in [4.69, 9.17) is 5.73 Å². The molecule has 0 aromatic carbocycles. The standard InChI is InChI=1S/C11H21N3O2/c12-7-10(15)11(16)14-6-5-13-4-2-1-3-9(13)8-14/h9-10,15H,1-8,12H2. The summed E-state index contributed by atoms with van der Waals surface area (Å²) in [6.45, 7) is 3.60. The van der Waals surface area contributed by atoms with Gasteiger partial charge in [0.25, 0.3) is 5.91 Å². The van der Waals surface area contributed by atoms with E-state index >= 15 is 0 Å². The van der Waals surface area contributed by atoms with Gasteiger partial charge in [0.2, 0.25) is 0 Å². The van der Waals surface area contributed by atoms with Gasteiger partial charge >= 0.3 is 0 Å². The van der Waals surface area contributed by atoms with Crippen LogP contribution in [0.1, 0.15) is 19.3 Å². The summed E-state index contributed by atoms with van der Waals surface area (Å²) in [7, 11) is 0. The van der Waals surface area contributed by atoms with Gasteiger partial charge in [-0.05, 0) is 19.4 Å². The highest BCUT2D eigenvalue weighted by Gasteiger charge is 2.32. The van der Waals surface area contributed by atoms with Crippen molar-refractivity contribution in [3.8, 4) is 0 Å². The molecule has 0 aromatic rings. The van der Waals surface area contributed by atoms with Gasteiger partial charge in [-0.25, -0.2) is 0 Å². The number of rotatable bonds is 2. The van der Waals surface area contributed by atoms with Gasteiger partial charge in [0.1, 0.15) is 6.10 Å². The number of aliphatic hydroxyl groups is 1. The fourth-order valence-corrected chi connectivity index (χ4v) is 2.67. The molecule has 16 heavy (non-hydrogen) atoms. The summed E-state index contributed by atoms with van der Waals surface area (Å²) < 4.78 is 0. The Labute approximate surface area is 96.2 Å². The van der Waals surface area contributed by atoms with E-state index in [2.05, 4.69) is 4.90 Å². The summed E-state index contributed by atoms with van der Waals surface area (Å²) in [4.78, 5) is 16.0. The highest BCUT2D eigenvalue weighted by molar-refractivity contribution is 5.81. The average molecular weight is 227 g/mol. The quantitative estimate of drug-likeness (QED) is 0.635. The lowest BCUT2D eigenvalue weighted by molar-refractivity contribution is -0.143. The maximum absolute atomic E-state index is 11.8. The van der Waals surface area contributed by atoms with Crippen LogP contribution in [-0.2, 0) is 4.79 Å². The van der Waals surface area contributed by atoms with E-state index in [1.807, 2.05) is 0 Å². The molecule has 0 aliphatic carbocycles. The van der Waals surface area contributed by atoms with Crippen molar-refractivity contribution in [3.05, 3.63) is 0 Å². The molecule has 0 bridgehead atoms. The second-order valence-corrected chi connectivity index (χ2v) is 4.72. The summed E-state index contributed by atoms with van der Waals surface area (Å²) in [5, 5.41) is 9.44. The summed E-state index contributed by atoms with van der Waals surface area (Å²) in [6.07, 6.45) is 2.68. The van der Waals surface area contributed by atoms with Gasteiger partial charge in [0.05, 0.1) is 0 Å². The van der Waals surface area contributed by atoms with Crippen molar-refractivity contribution in [1.29, 1.82) is 0 Å². The van der Waals surface area contributed by atoms with Gasteiger partial charge in [-0.1, -0.05) is 6.42 Å². The molecule has 92 valence electrons. The van der Waals surface area contributed by atoms with Crippen LogP contribution in [0.25, 0.3) is 0 Å². The van der Waals surface area contributed by atoms with Gasteiger partial charge in [-0.3, -0.25) is 9.69 Å². The second kappa shape index (κ2) is 5.12. The third kappa shape index (κ3) is 2.36. The number of fused-ring (bicyclic) bond motifs is 1. The van der Waals surface area contributed by atoms with Gasteiger partial charge in [0, 0.05) is 32.2 Å². The Bertz CT molecular complexity index is 260. The van der Waals surface area contributed by atoms with E-state index in [1.165, 1.54) is 19.3 Å². The van der Waals surface area contributed by atoms with Crippen LogP contribution < -0.4 is 5.73 Å². The number of amides is 1. The number of aliphatic hydroxyl groups excluding tert-OH is 1. The molecule has 0 aromatic heterocycles. The Morgan fingerprint density at radius 2 is 2.19 bits per heavy atom. The smallest absolute Gasteiger partial charge is 0.252 e. The fraction of sp³-hybridized carbons (Fsp3) is 0.909. The van der Waals surface area contributed by atoms with E-state index in [0.29, 0.717) is 6.04 Å². The Morgan fingerprint density at radius 3 is 2.94 bits per heavy atom. The number of nitrogens with zero attached hydrogens (tertiary/aromatic N) is 2. The summed E-state index contributed by atoms with van der Waals surface area (Å²) in [5.41, 5.74) is 5.30. The number of nitrogens with two attached hydrogens (primary N) is 1. The number of piperazine rings is 1. The highest BCUT2D eigenvalue weighted by atomic mass is 16.3. The third-order valence-electron chi connectivity index (χ3n) is 3.66. The molecule has 2 rings (SSSR count). The van der Waals surface area contributed by atoms with Crippen molar-refractivity contribution >= 4 is 5.91 Å². The van der Waals surface area contributed by atoms with Gasteiger partial charge in [-0.2, -0.15) is 0 Å². The Hall–Kier alpha value is -0.650. The average Bonchev–Trinajstić information content (AvgIpc) is 2.36. The number of piperidine rings is 1. The largest absolute Gasteiger partial charge is 0.382 e. The minimum absolute atomic E-state index is 0.0176. The van der Waals surface area contributed by atoms with Crippen molar-refractivity contribution in [3.63, 3.8) is 0 Å². The van der Waals surface area contributed by atoms with Crippen LogP contribution >= 0.6 is 0 Å². The predicted octanol–water partition coefficient (Wildman–Crippen LogP) is -0.997. The lowest BCUT2D eigenvalue weighted by Gasteiger charge is -2.44. The van der Waals surface area contributed by atoms with Crippen molar-refractivity contribution in [1.82, 2.24) is 9.80 Å².